The number of sulfonamides is 1. The number of nitrogens with one attached hydrogen (secondary N) is 2. The van der Waals surface area contributed by atoms with Crippen LogP contribution in [-0.4, -0.2) is 19.9 Å². The summed E-state index contributed by atoms with van der Waals surface area (Å²) in [5.41, 5.74) is 0.826. The summed E-state index contributed by atoms with van der Waals surface area (Å²) in [4.78, 5) is 13.2. The van der Waals surface area contributed by atoms with E-state index in [9.17, 15) is 13.2 Å². The molecule has 0 aromatic heterocycles. The standard InChI is InChI=1S/C23H26N2O3S/c26-22(24-23-13-16-9-17(14-23)11-18(10-16)15-23)19-5-4-6-20(12-19)25-29(27,28)21-7-2-1-3-8-21/h1-8,12,16-18,25H,9-11,13-15H2,(H,24,26). The number of carbonyl (C=O) groups is 1. The number of anilines is 1. The van der Waals surface area contributed by atoms with Gasteiger partial charge in [0.15, 0.2) is 0 Å². The number of hydrogen-bond acceptors (Lipinski definition) is 3. The fraction of sp³-hybridized carbons (Fsp3) is 0.435. The Morgan fingerprint density at radius 1 is 0.862 bits per heavy atom. The van der Waals surface area contributed by atoms with Crippen molar-refractivity contribution in [3.8, 4) is 0 Å². The lowest BCUT2D eigenvalue weighted by Gasteiger charge is -2.56. The Morgan fingerprint density at radius 3 is 2.10 bits per heavy atom. The van der Waals surface area contributed by atoms with Crippen LogP contribution in [0.15, 0.2) is 59.5 Å². The molecular weight excluding hydrogens is 384 g/mol. The fourth-order valence-electron chi connectivity index (χ4n) is 6.11. The summed E-state index contributed by atoms with van der Waals surface area (Å²) in [6.45, 7) is 0. The number of carbonyl (C=O) groups excluding carboxylic acids is 1. The Kier molecular flexibility index (Phi) is 4.42. The number of amides is 1. The number of hydrogen-bond donors (Lipinski definition) is 2. The average molecular weight is 411 g/mol. The van der Waals surface area contributed by atoms with Gasteiger partial charge in [-0.15, -0.1) is 0 Å². The highest BCUT2D eigenvalue weighted by Gasteiger charge is 2.51. The maximum Gasteiger partial charge on any atom is 0.261 e. The molecular formula is C23H26N2O3S. The Balaban J connectivity index is 1.33. The van der Waals surface area contributed by atoms with E-state index in [0.717, 1.165) is 37.0 Å². The minimum absolute atomic E-state index is 0.0641. The maximum atomic E-state index is 13.0. The molecule has 29 heavy (non-hydrogen) atoms. The van der Waals surface area contributed by atoms with E-state index in [1.807, 2.05) is 0 Å². The molecule has 4 bridgehead atoms. The van der Waals surface area contributed by atoms with Gasteiger partial charge >= 0.3 is 0 Å². The predicted molar refractivity (Wildman–Crippen MR) is 112 cm³/mol. The van der Waals surface area contributed by atoms with Crippen molar-refractivity contribution in [2.45, 2.75) is 49.0 Å². The first-order valence-corrected chi connectivity index (χ1v) is 11.9. The third-order valence-corrected chi connectivity index (χ3v) is 8.24. The van der Waals surface area contributed by atoms with Gasteiger partial charge in [-0.2, -0.15) is 0 Å². The van der Waals surface area contributed by atoms with Crippen LogP contribution in [0.5, 0.6) is 0 Å². The van der Waals surface area contributed by atoms with Crippen molar-refractivity contribution in [1.82, 2.24) is 5.32 Å². The first kappa shape index (κ1) is 18.7. The molecule has 0 aliphatic heterocycles. The van der Waals surface area contributed by atoms with Gasteiger partial charge in [0.2, 0.25) is 0 Å². The Labute approximate surface area is 172 Å². The summed E-state index contributed by atoms with van der Waals surface area (Å²) in [5, 5.41) is 3.35. The Morgan fingerprint density at radius 2 is 1.48 bits per heavy atom. The van der Waals surface area contributed by atoms with Crippen LogP contribution in [0.25, 0.3) is 0 Å². The van der Waals surface area contributed by atoms with Crippen LogP contribution in [0.1, 0.15) is 48.9 Å². The lowest BCUT2D eigenvalue weighted by Crippen LogP contribution is -2.59. The second kappa shape index (κ2) is 6.87. The highest BCUT2D eigenvalue weighted by molar-refractivity contribution is 7.92. The van der Waals surface area contributed by atoms with E-state index in [1.54, 1.807) is 54.6 Å². The summed E-state index contributed by atoms with van der Waals surface area (Å²) in [5.74, 6) is 2.16. The monoisotopic (exact) mass is 410 g/mol. The molecule has 4 aliphatic rings. The number of rotatable bonds is 5. The van der Waals surface area contributed by atoms with Crippen LogP contribution in [-0.2, 0) is 10.0 Å². The van der Waals surface area contributed by atoms with E-state index in [4.69, 9.17) is 0 Å². The van der Waals surface area contributed by atoms with E-state index in [1.165, 1.54) is 19.3 Å². The summed E-state index contributed by atoms with van der Waals surface area (Å²) in [6.07, 6.45) is 7.24. The van der Waals surface area contributed by atoms with Crippen molar-refractivity contribution in [1.29, 1.82) is 0 Å². The lowest BCUT2D eigenvalue weighted by atomic mass is 9.53. The molecule has 5 nitrogen and oxygen atoms in total. The lowest BCUT2D eigenvalue weighted by molar-refractivity contribution is -0.0167. The molecule has 0 radical (unpaired) electrons. The van der Waals surface area contributed by atoms with Crippen LogP contribution in [0.3, 0.4) is 0 Å². The minimum atomic E-state index is -3.68. The zero-order valence-electron chi connectivity index (χ0n) is 16.3. The smallest absolute Gasteiger partial charge is 0.261 e. The average Bonchev–Trinajstić information content (AvgIpc) is 2.67. The zero-order chi connectivity index (χ0) is 20.1. The first-order valence-electron chi connectivity index (χ1n) is 10.4. The van der Waals surface area contributed by atoms with Gasteiger partial charge in [-0.1, -0.05) is 24.3 Å². The first-order chi connectivity index (χ1) is 13.9. The predicted octanol–water partition coefficient (Wildman–Crippen LogP) is 4.19. The zero-order valence-corrected chi connectivity index (χ0v) is 17.1. The van der Waals surface area contributed by atoms with E-state index >= 15 is 0 Å². The van der Waals surface area contributed by atoms with E-state index < -0.39 is 10.0 Å². The normalized spacial score (nSPS) is 30.1. The molecule has 4 aliphatic carbocycles. The van der Waals surface area contributed by atoms with Gasteiger partial charge in [-0.25, -0.2) is 8.42 Å². The Bertz CT molecular complexity index is 998. The summed E-state index contributed by atoms with van der Waals surface area (Å²) < 4.78 is 27.7. The largest absolute Gasteiger partial charge is 0.347 e. The molecule has 4 saturated carbocycles. The second-order valence-corrected chi connectivity index (χ2v) is 10.8. The molecule has 2 N–H and O–H groups in total. The molecule has 152 valence electrons. The van der Waals surface area contributed by atoms with Crippen LogP contribution < -0.4 is 10.0 Å². The molecule has 0 atom stereocenters. The highest BCUT2D eigenvalue weighted by atomic mass is 32.2. The van der Waals surface area contributed by atoms with Crippen molar-refractivity contribution < 1.29 is 13.2 Å². The molecule has 1 amide bonds. The van der Waals surface area contributed by atoms with Crippen LogP contribution in [0, 0.1) is 17.8 Å². The highest BCUT2D eigenvalue weighted by Crippen LogP contribution is 2.55. The minimum Gasteiger partial charge on any atom is -0.347 e. The van der Waals surface area contributed by atoms with Crippen LogP contribution in [0.2, 0.25) is 0 Å². The molecule has 6 heteroatoms. The van der Waals surface area contributed by atoms with Crippen molar-refractivity contribution in [2.75, 3.05) is 4.72 Å². The van der Waals surface area contributed by atoms with Gasteiger partial charge in [0, 0.05) is 16.8 Å². The van der Waals surface area contributed by atoms with Crippen molar-refractivity contribution in [3.63, 3.8) is 0 Å². The van der Waals surface area contributed by atoms with Crippen molar-refractivity contribution in [2.24, 2.45) is 17.8 Å². The van der Waals surface area contributed by atoms with Gasteiger partial charge in [-0.3, -0.25) is 9.52 Å². The molecule has 2 aromatic carbocycles. The van der Waals surface area contributed by atoms with Gasteiger partial charge in [0.25, 0.3) is 15.9 Å². The van der Waals surface area contributed by atoms with Crippen molar-refractivity contribution >= 4 is 21.6 Å². The topological polar surface area (TPSA) is 75.3 Å². The summed E-state index contributed by atoms with van der Waals surface area (Å²) >= 11 is 0. The molecule has 0 unspecified atom stereocenters. The molecule has 0 heterocycles. The maximum absolute atomic E-state index is 13.0. The van der Waals surface area contributed by atoms with Crippen LogP contribution in [0.4, 0.5) is 5.69 Å². The quantitative estimate of drug-likeness (QED) is 0.776. The second-order valence-electron chi connectivity index (χ2n) is 9.15. The fourth-order valence-corrected chi connectivity index (χ4v) is 7.18. The number of benzene rings is 2. The molecule has 0 spiro atoms. The Hall–Kier alpha value is -2.34. The van der Waals surface area contributed by atoms with Gasteiger partial charge in [0.05, 0.1) is 4.90 Å². The third kappa shape index (κ3) is 3.66. The van der Waals surface area contributed by atoms with Crippen molar-refractivity contribution in [3.05, 3.63) is 60.2 Å². The SMILES string of the molecule is O=C(NC12CC3CC(CC(C3)C1)C2)c1cccc(NS(=O)(=O)c2ccccc2)c1. The summed E-state index contributed by atoms with van der Waals surface area (Å²) in [6, 6.07) is 15.0. The molecule has 4 fully saturated rings. The van der Waals surface area contributed by atoms with E-state index in [-0.39, 0.29) is 16.3 Å². The molecule has 0 saturated heterocycles. The summed E-state index contributed by atoms with van der Waals surface area (Å²) in [7, 11) is -3.68. The van der Waals surface area contributed by atoms with Crippen LogP contribution >= 0.6 is 0 Å². The van der Waals surface area contributed by atoms with E-state index in [2.05, 4.69) is 10.0 Å². The molecule has 2 aromatic rings. The van der Waals surface area contributed by atoms with Gasteiger partial charge in [-0.05, 0) is 86.6 Å². The van der Waals surface area contributed by atoms with E-state index in [0.29, 0.717) is 11.3 Å². The van der Waals surface area contributed by atoms with Gasteiger partial charge in [0.1, 0.15) is 0 Å². The van der Waals surface area contributed by atoms with Gasteiger partial charge < -0.3 is 5.32 Å². The third-order valence-electron chi connectivity index (χ3n) is 6.85. The molecule has 6 rings (SSSR count).